The van der Waals surface area contributed by atoms with Crippen LogP contribution in [0.4, 0.5) is 0 Å². The number of nitrogens with zero attached hydrogens (tertiary/aromatic N) is 1. The third-order valence-corrected chi connectivity index (χ3v) is 3.51. The number of thiol groups is 1. The molecule has 0 aliphatic rings. The lowest BCUT2D eigenvalue weighted by Gasteiger charge is -2.17. The summed E-state index contributed by atoms with van der Waals surface area (Å²) >= 11 is 7.72. The summed E-state index contributed by atoms with van der Waals surface area (Å²) in [6, 6.07) is 6.14. The summed E-state index contributed by atoms with van der Waals surface area (Å²) in [6.45, 7) is 2.14. The number of hydrogen-bond donors (Lipinski definition) is 1. The zero-order valence-electron chi connectivity index (χ0n) is 10.4. The molecular formula is C13H20BrNOS. The largest absolute Gasteiger partial charge is 0.496 e. The molecule has 0 saturated heterocycles. The maximum Gasteiger partial charge on any atom is 0.122 e. The van der Waals surface area contributed by atoms with Gasteiger partial charge in [-0.15, -0.1) is 0 Å². The highest BCUT2D eigenvalue weighted by atomic mass is 79.9. The Morgan fingerprint density at radius 2 is 2.12 bits per heavy atom. The van der Waals surface area contributed by atoms with Crippen molar-refractivity contribution < 1.29 is 4.74 Å². The van der Waals surface area contributed by atoms with Crippen LogP contribution in [0.3, 0.4) is 0 Å². The van der Waals surface area contributed by atoms with Gasteiger partial charge in [-0.3, -0.25) is 0 Å². The molecule has 0 atom stereocenters. The van der Waals surface area contributed by atoms with Gasteiger partial charge in [0.25, 0.3) is 0 Å². The molecule has 1 rings (SSSR count). The Morgan fingerprint density at radius 1 is 1.35 bits per heavy atom. The molecular weight excluding hydrogens is 298 g/mol. The average Bonchev–Trinajstić information content (AvgIpc) is 2.34. The van der Waals surface area contributed by atoms with Crippen molar-refractivity contribution in [3.63, 3.8) is 0 Å². The molecule has 0 N–H and O–H groups in total. The third kappa shape index (κ3) is 5.32. The van der Waals surface area contributed by atoms with E-state index in [2.05, 4.69) is 46.6 Å². The molecule has 0 unspecified atom stereocenters. The quantitative estimate of drug-likeness (QED) is 0.775. The van der Waals surface area contributed by atoms with E-state index in [0.717, 1.165) is 41.9 Å². The summed E-state index contributed by atoms with van der Waals surface area (Å²) in [5.41, 5.74) is 1.25. The molecule has 1 aromatic rings. The molecule has 0 bridgehead atoms. The molecule has 0 spiro atoms. The lowest BCUT2D eigenvalue weighted by Crippen LogP contribution is -2.22. The summed E-state index contributed by atoms with van der Waals surface area (Å²) in [6.07, 6.45) is 2.14. The number of methoxy groups -OCH3 is 1. The maximum absolute atomic E-state index is 5.36. The van der Waals surface area contributed by atoms with Crippen LogP contribution in [0.25, 0.3) is 0 Å². The SMILES string of the molecule is COc1ccc(Br)cc1CCN(C)CCCS. The first kappa shape index (κ1) is 14.9. The lowest BCUT2D eigenvalue weighted by molar-refractivity contribution is 0.336. The van der Waals surface area contributed by atoms with Crippen molar-refractivity contribution >= 4 is 28.6 Å². The van der Waals surface area contributed by atoms with Gasteiger partial charge in [0.05, 0.1) is 7.11 Å². The molecule has 0 aromatic heterocycles. The Hall–Kier alpha value is -0.190. The molecule has 1 aromatic carbocycles. The summed E-state index contributed by atoms with van der Waals surface area (Å²) in [4.78, 5) is 2.33. The Kier molecular flexibility index (Phi) is 7.00. The van der Waals surface area contributed by atoms with E-state index >= 15 is 0 Å². The van der Waals surface area contributed by atoms with Gasteiger partial charge in [-0.2, -0.15) is 12.6 Å². The Labute approximate surface area is 118 Å². The molecule has 2 nitrogen and oxygen atoms in total. The molecule has 0 fully saturated rings. The first-order valence-corrected chi connectivity index (χ1v) is 7.21. The summed E-state index contributed by atoms with van der Waals surface area (Å²) in [7, 11) is 3.87. The van der Waals surface area contributed by atoms with Crippen LogP contribution >= 0.6 is 28.6 Å². The second kappa shape index (κ2) is 8.01. The molecule has 0 aliphatic heterocycles. The van der Waals surface area contributed by atoms with E-state index in [0.29, 0.717) is 0 Å². The number of benzene rings is 1. The molecule has 0 amide bonds. The van der Waals surface area contributed by atoms with E-state index in [9.17, 15) is 0 Å². The third-order valence-electron chi connectivity index (χ3n) is 2.70. The Morgan fingerprint density at radius 3 is 2.76 bits per heavy atom. The van der Waals surface area contributed by atoms with Crippen molar-refractivity contribution in [2.45, 2.75) is 12.8 Å². The van der Waals surface area contributed by atoms with Crippen LogP contribution in [0, 0.1) is 0 Å². The fraction of sp³-hybridized carbons (Fsp3) is 0.538. The topological polar surface area (TPSA) is 12.5 Å². The molecule has 96 valence electrons. The van der Waals surface area contributed by atoms with Crippen molar-refractivity contribution in [3.05, 3.63) is 28.2 Å². The van der Waals surface area contributed by atoms with E-state index < -0.39 is 0 Å². The van der Waals surface area contributed by atoms with Gasteiger partial charge in [-0.1, -0.05) is 15.9 Å². The van der Waals surface area contributed by atoms with Crippen LogP contribution < -0.4 is 4.74 Å². The summed E-state index contributed by atoms with van der Waals surface area (Å²) in [5.74, 6) is 1.92. The number of rotatable bonds is 7. The number of hydrogen-bond acceptors (Lipinski definition) is 3. The predicted molar refractivity (Wildman–Crippen MR) is 80.4 cm³/mol. The first-order chi connectivity index (χ1) is 8.17. The minimum atomic E-state index is 0.949. The fourth-order valence-corrected chi connectivity index (χ4v) is 2.26. The highest BCUT2D eigenvalue weighted by molar-refractivity contribution is 9.10. The first-order valence-electron chi connectivity index (χ1n) is 5.79. The molecule has 4 heteroatoms. The van der Waals surface area contributed by atoms with Crippen LogP contribution in [0.5, 0.6) is 5.75 Å². The van der Waals surface area contributed by atoms with Crippen LogP contribution in [0.1, 0.15) is 12.0 Å². The van der Waals surface area contributed by atoms with Gasteiger partial charge < -0.3 is 9.64 Å². The van der Waals surface area contributed by atoms with E-state index in [1.165, 1.54) is 5.56 Å². The lowest BCUT2D eigenvalue weighted by atomic mass is 10.1. The molecule has 17 heavy (non-hydrogen) atoms. The fourth-order valence-electron chi connectivity index (χ4n) is 1.71. The maximum atomic E-state index is 5.36. The van der Waals surface area contributed by atoms with Gasteiger partial charge in [0.15, 0.2) is 0 Å². The van der Waals surface area contributed by atoms with Gasteiger partial charge in [-0.25, -0.2) is 0 Å². The molecule has 0 heterocycles. The Balaban J connectivity index is 2.52. The minimum absolute atomic E-state index is 0.949. The highest BCUT2D eigenvalue weighted by Gasteiger charge is 2.05. The monoisotopic (exact) mass is 317 g/mol. The van der Waals surface area contributed by atoms with Gasteiger partial charge in [-0.05, 0) is 55.9 Å². The van der Waals surface area contributed by atoms with Gasteiger partial charge in [0.1, 0.15) is 5.75 Å². The molecule has 0 aliphatic carbocycles. The summed E-state index contributed by atoms with van der Waals surface area (Å²) < 4.78 is 6.47. The normalized spacial score (nSPS) is 10.9. The number of halogens is 1. The van der Waals surface area contributed by atoms with Crippen molar-refractivity contribution in [1.82, 2.24) is 4.90 Å². The average molecular weight is 318 g/mol. The zero-order valence-corrected chi connectivity index (χ0v) is 12.9. The zero-order chi connectivity index (χ0) is 12.7. The number of likely N-dealkylation sites (N-methyl/N-ethyl adjacent to an activating group) is 1. The summed E-state index contributed by atoms with van der Waals surface area (Å²) in [5, 5.41) is 0. The van der Waals surface area contributed by atoms with Crippen LogP contribution in [0.15, 0.2) is 22.7 Å². The van der Waals surface area contributed by atoms with E-state index in [4.69, 9.17) is 4.74 Å². The van der Waals surface area contributed by atoms with Crippen molar-refractivity contribution in [2.24, 2.45) is 0 Å². The molecule has 0 saturated carbocycles. The van der Waals surface area contributed by atoms with Crippen LogP contribution in [0.2, 0.25) is 0 Å². The van der Waals surface area contributed by atoms with Crippen molar-refractivity contribution in [2.75, 3.05) is 33.0 Å². The van der Waals surface area contributed by atoms with Gasteiger partial charge in [0, 0.05) is 11.0 Å². The second-order valence-corrected chi connectivity index (χ2v) is 5.45. The Bertz CT molecular complexity index is 346. The van der Waals surface area contributed by atoms with Crippen LogP contribution in [-0.2, 0) is 6.42 Å². The standard InChI is InChI=1S/C13H20BrNOS/c1-15(7-3-9-17)8-6-11-10-12(14)4-5-13(11)16-2/h4-5,10,17H,3,6-9H2,1-2H3. The number of ether oxygens (including phenoxy) is 1. The van der Waals surface area contributed by atoms with Gasteiger partial charge >= 0.3 is 0 Å². The van der Waals surface area contributed by atoms with Gasteiger partial charge in [0.2, 0.25) is 0 Å². The van der Waals surface area contributed by atoms with Crippen molar-refractivity contribution in [1.29, 1.82) is 0 Å². The van der Waals surface area contributed by atoms with E-state index in [1.807, 2.05) is 12.1 Å². The smallest absolute Gasteiger partial charge is 0.122 e. The van der Waals surface area contributed by atoms with E-state index in [-0.39, 0.29) is 0 Å². The second-order valence-electron chi connectivity index (χ2n) is 4.09. The molecule has 0 radical (unpaired) electrons. The minimum Gasteiger partial charge on any atom is -0.496 e. The van der Waals surface area contributed by atoms with Crippen LogP contribution in [-0.4, -0.2) is 37.9 Å². The predicted octanol–water partition coefficient (Wildman–Crippen LogP) is 3.25. The highest BCUT2D eigenvalue weighted by Crippen LogP contribution is 2.23. The van der Waals surface area contributed by atoms with Crippen molar-refractivity contribution in [3.8, 4) is 5.75 Å². The van der Waals surface area contributed by atoms with E-state index in [1.54, 1.807) is 7.11 Å².